The van der Waals surface area contributed by atoms with Crippen LogP contribution in [-0.4, -0.2) is 4.98 Å². The highest BCUT2D eigenvalue weighted by Gasteiger charge is 2.13. The molecule has 0 N–H and O–H groups in total. The summed E-state index contributed by atoms with van der Waals surface area (Å²) >= 11 is 5.22. The number of hydrogen-bond donors (Lipinski definition) is 0. The van der Waals surface area contributed by atoms with Crippen LogP contribution in [0.2, 0.25) is 0 Å². The monoisotopic (exact) mass is 359 g/mol. The Morgan fingerprint density at radius 2 is 1.67 bits per heavy atom. The van der Waals surface area contributed by atoms with E-state index in [2.05, 4.69) is 84.1 Å². The van der Waals surface area contributed by atoms with Gasteiger partial charge in [-0.25, -0.2) is 4.98 Å². The van der Waals surface area contributed by atoms with Gasteiger partial charge in [-0.2, -0.15) is 0 Å². The van der Waals surface area contributed by atoms with Crippen LogP contribution >= 0.6 is 27.3 Å². The SMILES string of the molecule is CC(C)(C)c1ccc(-c2ccc3sc(CBr)nc3c2)cc1. The predicted molar refractivity (Wildman–Crippen MR) is 96.4 cm³/mol. The van der Waals surface area contributed by atoms with E-state index in [9.17, 15) is 0 Å². The summed E-state index contributed by atoms with van der Waals surface area (Å²) < 4.78 is 1.25. The van der Waals surface area contributed by atoms with Crippen molar-refractivity contribution in [3.63, 3.8) is 0 Å². The Bertz CT molecular complexity index is 766. The lowest BCUT2D eigenvalue weighted by molar-refractivity contribution is 0.590. The minimum atomic E-state index is 0.197. The second-order valence-corrected chi connectivity index (χ2v) is 7.93. The molecule has 21 heavy (non-hydrogen) atoms. The van der Waals surface area contributed by atoms with Crippen molar-refractivity contribution in [1.29, 1.82) is 0 Å². The number of hydrogen-bond acceptors (Lipinski definition) is 2. The van der Waals surface area contributed by atoms with Crippen molar-refractivity contribution in [2.24, 2.45) is 0 Å². The topological polar surface area (TPSA) is 12.9 Å². The van der Waals surface area contributed by atoms with Crippen molar-refractivity contribution in [2.75, 3.05) is 0 Å². The Morgan fingerprint density at radius 1 is 1.00 bits per heavy atom. The van der Waals surface area contributed by atoms with Crippen molar-refractivity contribution < 1.29 is 0 Å². The molecule has 0 amide bonds. The van der Waals surface area contributed by atoms with Crippen LogP contribution in [-0.2, 0) is 10.7 Å². The maximum Gasteiger partial charge on any atom is 0.104 e. The molecule has 2 aromatic carbocycles. The lowest BCUT2D eigenvalue weighted by Crippen LogP contribution is -2.10. The van der Waals surface area contributed by atoms with Gasteiger partial charge < -0.3 is 0 Å². The molecule has 0 aliphatic rings. The lowest BCUT2D eigenvalue weighted by atomic mass is 9.86. The Hall–Kier alpha value is -1.19. The maximum atomic E-state index is 4.65. The van der Waals surface area contributed by atoms with Gasteiger partial charge in [0, 0.05) is 0 Å². The van der Waals surface area contributed by atoms with Crippen LogP contribution in [0.3, 0.4) is 0 Å². The van der Waals surface area contributed by atoms with Crippen LogP contribution in [0.5, 0.6) is 0 Å². The van der Waals surface area contributed by atoms with Gasteiger partial charge in [-0.05, 0) is 34.2 Å². The Kier molecular flexibility index (Phi) is 3.89. The second-order valence-electron chi connectivity index (χ2n) is 6.25. The summed E-state index contributed by atoms with van der Waals surface area (Å²) in [6, 6.07) is 15.4. The van der Waals surface area contributed by atoms with Gasteiger partial charge in [0.2, 0.25) is 0 Å². The molecule has 1 heterocycles. The van der Waals surface area contributed by atoms with E-state index in [1.807, 2.05) is 0 Å². The van der Waals surface area contributed by atoms with Crippen LogP contribution in [0.25, 0.3) is 21.3 Å². The fraction of sp³-hybridized carbons (Fsp3) is 0.278. The van der Waals surface area contributed by atoms with E-state index in [1.54, 1.807) is 11.3 Å². The highest BCUT2D eigenvalue weighted by molar-refractivity contribution is 9.08. The number of nitrogens with zero attached hydrogens (tertiary/aromatic N) is 1. The van der Waals surface area contributed by atoms with Gasteiger partial charge in [0.25, 0.3) is 0 Å². The van der Waals surface area contributed by atoms with Gasteiger partial charge in [-0.3, -0.25) is 0 Å². The first-order valence-corrected chi connectivity index (χ1v) is 8.97. The first-order valence-electron chi connectivity index (χ1n) is 7.04. The molecule has 3 aromatic rings. The average Bonchev–Trinajstić information content (AvgIpc) is 2.88. The number of aromatic nitrogens is 1. The molecule has 0 unspecified atom stereocenters. The summed E-state index contributed by atoms with van der Waals surface area (Å²) in [6.07, 6.45) is 0. The third-order valence-electron chi connectivity index (χ3n) is 3.63. The molecular formula is C18H18BrNS. The quantitative estimate of drug-likeness (QED) is 0.499. The van der Waals surface area contributed by atoms with Gasteiger partial charge in [-0.15, -0.1) is 11.3 Å². The molecule has 0 fully saturated rings. The first kappa shape index (κ1) is 14.7. The summed E-state index contributed by atoms with van der Waals surface area (Å²) in [5.74, 6) is 0. The van der Waals surface area contributed by atoms with Crippen LogP contribution in [0.1, 0.15) is 31.3 Å². The van der Waals surface area contributed by atoms with Crippen LogP contribution < -0.4 is 0 Å². The van der Waals surface area contributed by atoms with Crippen LogP contribution in [0, 0.1) is 0 Å². The molecule has 3 rings (SSSR count). The van der Waals surface area contributed by atoms with Gasteiger partial charge in [0.1, 0.15) is 5.01 Å². The molecule has 108 valence electrons. The predicted octanol–water partition coefficient (Wildman–Crippen LogP) is 6.16. The highest BCUT2D eigenvalue weighted by Crippen LogP contribution is 2.30. The van der Waals surface area contributed by atoms with Gasteiger partial charge in [0.15, 0.2) is 0 Å². The Balaban J connectivity index is 1.99. The molecule has 0 aliphatic heterocycles. The molecule has 0 radical (unpaired) electrons. The number of halogens is 1. The van der Waals surface area contributed by atoms with Crippen molar-refractivity contribution in [1.82, 2.24) is 4.98 Å². The Morgan fingerprint density at radius 3 is 2.29 bits per heavy atom. The molecule has 3 heteroatoms. The van der Waals surface area contributed by atoms with E-state index < -0.39 is 0 Å². The molecule has 0 saturated heterocycles. The van der Waals surface area contributed by atoms with Gasteiger partial charge in [-0.1, -0.05) is 67.0 Å². The summed E-state index contributed by atoms with van der Waals surface area (Å²) in [6.45, 7) is 6.72. The van der Waals surface area contributed by atoms with E-state index in [-0.39, 0.29) is 5.41 Å². The number of fused-ring (bicyclic) bond motifs is 1. The Labute approximate surface area is 138 Å². The molecule has 0 bridgehead atoms. The standard InChI is InChI=1S/C18H18BrNS/c1-18(2,3)14-7-4-12(5-8-14)13-6-9-16-15(10-13)20-17(11-19)21-16/h4-10H,11H2,1-3H3. The van der Waals surface area contributed by atoms with Crippen molar-refractivity contribution in [2.45, 2.75) is 31.5 Å². The van der Waals surface area contributed by atoms with Crippen molar-refractivity contribution >= 4 is 37.5 Å². The molecule has 0 spiro atoms. The fourth-order valence-corrected chi connectivity index (χ4v) is 3.64. The number of alkyl halides is 1. The maximum absolute atomic E-state index is 4.65. The smallest absolute Gasteiger partial charge is 0.104 e. The zero-order valence-corrected chi connectivity index (χ0v) is 14.9. The van der Waals surface area contributed by atoms with Gasteiger partial charge >= 0.3 is 0 Å². The zero-order chi connectivity index (χ0) is 15.0. The minimum absolute atomic E-state index is 0.197. The fourth-order valence-electron chi connectivity index (χ4n) is 2.37. The third kappa shape index (κ3) is 3.04. The van der Waals surface area contributed by atoms with Crippen LogP contribution in [0.4, 0.5) is 0 Å². The molecule has 0 atom stereocenters. The molecule has 0 saturated carbocycles. The van der Waals surface area contributed by atoms with Gasteiger partial charge in [0.05, 0.1) is 15.5 Å². The lowest BCUT2D eigenvalue weighted by Gasteiger charge is -2.19. The largest absolute Gasteiger partial charge is 0.240 e. The normalized spacial score (nSPS) is 12.0. The molecular weight excluding hydrogens is 342 g/mol. The summed E-state index contributed by atoms with van der Waals surface area (Å²) in [5, 5.41) is 1.95. The summed E-state index contributed by atoms with van der Waals surface area (Å²) in [4.78, 5) is 4.65. The zero-order valence-electron chi connectivity index (χ0n) is 12.5. The van der Waals surface area contributed by atoms with Crippen molar-refractivity contribution in [3.8, 4) is 11.1 Å². The minimum Gasteiger partial charge on any atom is -0.240 e. The van der Waals surface area contributed by atoms with E-state index in [4.69, 9.17) is 0 Å². The number of rotatable bonds is 2. The number of benzene rings is 2. The summed E-state index contributed by atoms with van der Waals surface area (Å²) in [5.41, 5.74) is 5.13. The third-order valence-corrected chi connectivity index (χ3v) is 5.57. The average molecular weight is 360 g/mol. The number of thiazole rings is 1. The second kappa shape index (κ2) is 5.54. The molecule has 1 nitrogen and oxygen atoms in total. The van der Waals surface area contributed by atoms with E-state index in [1.165, 1.54) is 21.4 Å². The van der Waals surface area contributed by atoms with Crippen molar-refractivity contribution in [3.05, 3.63) is 53.0 Å². The summed E-state index contributed by atoms with van der Waals surface area (Å²) in [7, 11) is 0. The first-order chi connectivity index (χ1) is 9.97. The van der Waals surface area contributed by atoms with Crippen LogP contribution in [0.15, 0.2) is 42.5 Å². The van der Waals surface area contributed by atoms with E-state index in [0.29, 0.717) is 0 Å². The highest BCUT2D eigenvalue weighted by atomic mass is 79.9. The molecule has 1 aromatic heterocycles. The van der Waals surface area contributed by atoms with E-state index >= 15 is 0 Å². The molecule has 0 aliphatic carbocycles. The van der Waals surface area contributed by atoms with E-state index in [0.717, 1.165) is 15.9 Å².